The minimum atomic E-state index is -0.289. The molecule has 2 aromatic heterocycles. The number of anilines is 2. The number of rotatable bonds is 5. The van der Waals surface area contributed by atoms with Crippen LogP contribution in [0.5, 0.6) is 0 Å². The highest BCUT2D eigenvalue weighted by molar-refractivity contribution is 7.80. The number of aromatic nitrogens is 3. The first-order chi connectivity index (χ1) is 12.2. The number of pyridine rings is 1. The summed E-state index contributed by atoms with van der Waals surface area (Å²) in [5.41, 5.74) is 2.82. The highest BCUT2D eigenvalue weighted by Gasteiger charge is 2.08. The van der Waals surface area contributed by atoms with E-state index in [0.717, 1.165) is 22.8 Å². The van der Waals surface area contributed by atoms with Crippen molar-refractivity contribution in [3.05, 3.63) is 65.4 Å². The zero-order valence-electron chi connectivity index (χ0n) is 13.0. The summed E-state index contributed by atoms with van der Waals surface area (Å²) < 4.78 is 3.67. The maximum atomic E-state index is 11.9. The number of carbonyl (C=O) groups is 1. The van der Waals surface area contributed by atoms with Crippen molar-refractivity contribution < 1.29 is 4.79 Å². The largest absolute Gasteiger partial charge is 0.358 e. The molecule has 1 aromatic carbocycles. The number of hydrogen-bond acceptors (Lipinski definition) is 6. The van der Waals surface area contributed by atoms with E-state index in [0.29, 0.717) is 23.0 Å². The second-order valence-electron chi connectivity index (χ2n) is 4.99. The molecule has 0 aliphatic rings. The fourth-order valence-electron chi connectivity index (χ4n) is 1.96. The summed E-state index contributed by atoms with van der Waals surface area (Å²) in [6.07, 6.45) is 3.51. The standard InChI is InChI=1S/C16H14N6OS2/c23-15(14-10-25-22-21-14)19-12-3-5-13(6-4-12)20-16(24)18-9-11-2-1-7-17-8-11/h1-8,10H,9H2,(H,19,23)(H2,18,20,24). The molecule has 0 aliphatic heterocycles. The first-order valence-electron chi connectivity index (χ1n) is 7.33. The van der Waals surface area contributed by atoms with Crippen LogP contribution >= 0.6 is 23.8 Å². The monoisotopic (exact) mass is 370 g/mol. The van der Waals surface area contributed by atoms with Crippen LogP contribution in [0.3, 0.4) is 0 Å². The lowest BCUT2D eigenvalue weighted by Gasteiger charge is -2.11. The van der Waals surface area contributed by atoms with Gasteiger partial charge in [-0.2, -0.15) is 0 Å². The number of thiocarbonyl (C=S) groups is 1. The summed E-state index contributed by atoms with van der Waals surface area (Å²) in [5.74, 6) is -0.289. The zero-order valence-corrected chi connectivity index (χ0v) is 14.6. The van der Waals surface area contributed by atoms with E-state index in [4.69, 9.17) is 12.2 Å². The molecule has 126 valence electrons. The molecule has 0 saturated carbocycles. The van der Waals surface area contributed by atoms with E-state index in [1.807, 2.05) is 24.3 Å². The van der Waals surface area contributed by atoms with Crippen molar-refractivity contribution in [2.24, 2.45) is 0 Å². The Bertz CT molecular complexity index is 837. The van der Waals surface area contributed by atoms with Gasteiger partial charge in [-0.15, -0.1) is 5.10 Å². The maximum Gasteiger partial charge on any atom is 0.277 e. The van der Waals surface area contributed by atoms with Gasteiger partial charge in [0.2, 0.25) is 0 Å². The van der Waals surface area contributed by atoms with Crippen molar-refractivity contribution >= 4 is 46.1 Å². The van der Waals surface area contributed by atoms with Gasteiger partial charge in [0.05, 0.1) is 0 Å². The number of nitrogens with one attached hydrogen (secondary N) is 3. The Hall–Kier alpha value is -2.91. The Morgan fingerprint density at radius 1 is 1.12 bits per heavy atom. The fraction of sp³-hybridized carbons (Fsp3) is 0.0625. The summed E-state index contributed by atoms with van der Waals surface area (Å²) in [7, 11) is 0. The Morgan fingerprint density at radius 2 is 1.88 bits per heavy atom. The predicted octanol–water partition coefficient (Wildman–Crippen LogP) is 2.67. The number of amides is 1. The van der Waals surface area contributed by atoms with E-state index in [1.54, 1.807) is 29.9 Å². The molecule has 0 fully saturated rings. The summed E-state index contributed by atoms with van der Waals surface area (Å²) >= 11 is 6.40. The second kappa shape index (κ2) is 8.27. The van der Waals surface area contributed by atoms with Crippen LogP contribution in [0.1, 0.15) is 16.1 Å². The van der Waals surface area contributed by atoms with Crippen LogP contribution in [0.2, 0.25) is 0 Å². The van der Waals surface area contributed by atoms with E-state index in [9.17, 15) is 4.79 Å². The quantitative estimate of drug-likeness (QED) is 0.595. The van der Waals surface area contributed by atoms with Gasteiger partial charge in [0.15, 0.2) is 10.8 Å². The molecule has 9 heteroatoms. The van der Waals surface area contributed by atoms with Crippen molar-refractivity contribution in [3.63, 3.8) is 0 Å². The summed E-state index contributed by atoms with van der Waals surface area (Å²) in [5, 5.41) is 14.8. The SMILES string of the molecule is O=C(Nc1ccc(NC(=S)NCc2cccnc2)cc1)c1csnn1. The first-order valence-corrected chi connectivity index (χ1v) is 8.57. The van der Waals surface area contributed by atoms with Gasteiger partial charge in [0, 0.05) is 35.7 Å². The maximum absolute atomic E-state index is 11.9. The first kappa shape index (κ1) is 16.9. The number of nitrogens with zero attached hydrogens (tertiary/aromatic N) is 3. The molecule has 0 radical (unpaired) electrons. The molecule has 3 N–H and O–H groups in total. The molecule has 3 aromatic rings. The third-order valence-electron chi connectivity index (χ3n) is 3.17. The molecule has 0 aliphatic carbocycles. The summed E-state index contributed by atoms with van der Waals surface area (Å²) in [4.78, 5) is 16.0. The minimum Gasteiger partial charge on any atom is -0.358 e. The molecule has 3 rings (SSSR count). The summed E-state index contributed by atoms with van der Waals surface area (Å²) in [6.45, 7) is 0.593. The molecule has 1 amide bonds. The lowest BCUT2D eigenvalue weighted by atomic mass is 10.2. The average Bonchev–Trinajstić information content (AvgIpc) is 3.17. The van der Waals surface area contributed by atoms with Gasteiger partial charge in [-0.3, -0.25) is 9.78 Å². The predicted molar refractivity (Wildman–Crippen MR) is 102 cm³/mol. The Morgan fingerprint density at radius 3 is 2.52 bits per heavy atom. The molecule has 0 bridgehead atoms. The molecule has 7 nitrogen and oxygen atoms in total. The van der Waals surface area contributed by atoms with E-state index < -0.39 is 0 Å². The van der Waals surface area contributed by atoms with Crippen LogP contribution in [0.25, 0.3) is 0 Å². The van der Waals surface area contributed by atoms with Crippen LogP contribution in [-0.2, 0) is 6.54 Å². The Kier molecular flexibility index (Phi) is 5.60. The van der Waals surface area contributed by atoms with Gasteiger partial charge < -0.3 is 16.0 Å². The molecular formula is C16H14N6OS2. The molecule has 0 atom stereocenters. The lowest BCUT2D eigenvalue weighted by molar-refractivity contribution is 0.102. The Balaban J connectivity index is 1.50. The van der Waals surface area contributed by atoms with Crippen LogP contribution in [0, 0.1) is 0 Å². The topological polar surface area (TPSA) is 91.8 Å². The smallest absolute Gasteiger partial charge is 0.277 e. The minimum absolute atomic E-state index is 0.289. The molecule has 0 saturated heterocycles. The molecule has 0 spiro atoms. The zero-order chi connectivity index (χ0) is 17.5. The number of benzene rings is 1. The van der Waals surface area contributed by atoms with Crippen LogP contribution in [0.15, 0.2) is 54.2 Å². The van der Waals surface area contributed by atoms with Gasteiger partial charge in [-0.05, 0) is 59.6 Å². The van der Waals surface area contributed by atoms with Gasteiger partial charge >= 0.3 is 0 Å². The fourth-order valence-corrected chi connectivity index (χ4v) is 2.58. The van der Waals surface area contributed by atoms with Crippen molar-refractivity contribution in [1.82, 2.24) is 19.9 Å². The van der Waals surface area contributed by atoms with Gasteiger partial charge in [-0.25, -0.2) is 0 Å². The molecular weight excluding hydrogens is 356 g/mol. The van der Waals surface area contributed by atoms with Gasteiger partial charge in [0.1, 0.15) is 0 Å². The number of carbonyl (C=O) groups excluding carboxylic acids is 1. The van der Waals surface area contributed by atoms with Gasteiger partial charge in [-0.1, -0.05) is 10.6 Å². The van der Waals surface area contributed by atoms with Crippen molar-refractivity contribution in [2.45, 2.75) is 6.54 Å². The summed E-state index contributed by atoms with van der Waals surface area (Å²) in [6, 6.07) is 11.1. The van der Waals surface area contributed by atoms with Crippen LogP contribution in [0.4, 0.5) is 11.4 Å². The van der Waals surface area contributed by atoms with Crippen molar-refractivity contribution in [1.29, 1.82) is 0 Å². The molecule has 25 heavy (non-hydrogen) atoms. The highest BCUT2D eigenvalue weighted by Crippen LogP contribution is 2.14. The van der Waals surface area contributed by atoms with E-state index in [1.165, 1.54) is 0 Å². The second-order valence-corrected chi connectivity index (χ2v) is 6.01. The Labute approximate surface area is 153 Å². The van der Waals surface area contributed by atoms with E-state index in [2.05, 4.69) is 30.5 Å². The van der Waals surface area contributed by atoms with E-state index >= 15 is 0 Å². The van der Waals surface area contributed by atoms with Crippen molar-refractivity contribution in [2.75, 3.05) is 10.6 Å². The third kappa shape index (κ3) is 5.03. The van der Waals surface area contributed by atoms with Crippen molar-refractivity contribution in [3.8, 4) is 0 Å². The molecule has 2 heterocycles. The van der Waals surface area contributed by atoms with E-state index in [-0.39, 0.29) is 5.91 Å². The number of hydrogen-bond donors (Lipinski definition) is 3. The van der Waals surface area contributed by atoms with Crippen LogP contribution < -0.4 is 16.0 Å². The van der Waals surface area contributed by atoms with Crippen LogP contribution in [-0.4, -0.2) is 25.6 Å². The highest BCUT2D eigenvalue weighted by atomic mass is 32.1. The lowest BCUT2D eigenvalue weighted by Crippen LogP contribution is -2.27. The van der Waals surface area contributed by atoms with Gasteiger partial charge in [0.25, 0.3) is 5.91 Å². The molecule has 0 unspecified atom stereocenters. The normalized spacial score (nSPS) is 10.1. The third-order valence-corrected chi connectivity index (χ3v) is 3.92. The average molecular weight is 370 g/mol.